The SMILES string of the molecule is Brc1ccc(N(c2ccccc2)c2ccccc2)cc1.Brc1ccc(N(c2ccccc2)c2ccccc2)cc1.Cc1cc(C)c(-c2ccc(N(c3ccccc3)c3ccccc3)cc2)c(C)c1-c1ccc(N(c2ccccc2)c2ccccc2)cc1.Cc1cc(C)c(Br)c(C)c1Br.OB(O)c1ccc(N(c2ccccc2)c2ccccc2)cc1.OB(O)c1ccc(N(c2ccccc2)c2ccccc2)cc1.[H-]. The molecule has 20 rings (SSSR count). The average molecular weight is 2110 g/mol. The summed E-state index contributed by atoms with van der Waals surface area (Å²) in [5, 5.41) is 36.9. The Labute approximate surface area is 871 Å². The zero-order valence-electron chi connectivity index (χ0n) is 80.8. The number of rotatable bonds is 22. The molecule has 142 heavy (non-hydrogen) atoms. The molecule has 0 saturated carbocycles. The molecule has 10 nitrogen and oxygen atoms in total. The molecular weight excluding hydrogens is 2000 g/mol. The summed E-state index contributed by atoms with van der Waals surface area (Å²) < 4.78 is 4.58. The maximum Gasteiger partial charge on any atom is 0.488 e. The van der Waals surface area contributed by atoms with E-state index in [2.05, 4.69) is 462 Å². The van der Waals surface area contributed by atoms with E-state index < -0.39 is 14.2 Å². The van der Waals surface area contributed by atoms with Crippen molar-refractivity contribution in [3.05, 3.63) is 573 Å². The third kappa shape index (κ3) is 26.6. The van der Waals surface area contributed by atoms with Crippen molar-refractivity contribution < 1.29 is 21.5 Å². The summed E-state index contributed by atoms with van der Waals surface area (Å²) in [6.45, 7) is 13.1. The fourth-order valence-corrected chi connectivity index (χ4v) is 18.6. The quantitative estimate of drug-likeness (QED) is 0.0491. The van der Waals surface area contributed by atoms with Crippen LogP contribution >= 0.6 is 63.7 Å². The van der Waals surface area contributed by atoms with Crippen molar-refractivity contribution in [2.45, 2.75) is 41.5 Å². The smallest absolute Gasteiger partial charge is 0.488 e. The Morgan fingerprint density at radius 2 is 0.310 bits per heavy atom. The van der Waals surface area contributed by atoms with E-state index in [-0.39, 0.29) is 1.43 Å². The molecule has 20 aromatic rings. The van der Waals surface area contributed by atoms with Gasteiger partial charge in [-0.1, -0.05) is 343 Å². The van der Waals surface area contributed by atoms with Crippen molar-refractivity contribution in [3.8, 4) is 22.3 Å². The van der Waals surface area contributed by atoms with Crippen LogP contribution in [0.5, 0.6) is 0 Å². The summed E-state index contributed by atoms with van der Waals surface area (Å²) in [4.78, 5) is 13.3. The lowest BCUT2D eigenvalue weighted by Crippen LogP contribution is -2.29. The van der Waals surface area contributed by atoms with Gasteiger partial charge in [-0.15, -0.1) is 0 Å². The first kappa shape index (κ1) is 102. The lowest BCUT2D eigenvalue weighted by molar-refractivity contribution is 0.424. The molecular formula is C126H109B2Br4N6O4-. The van der Waals surface area contributed by atoms with Gasteiger partial charge in [-0.2, -0.15) is 0 Å². The molecule has 0 radical (unpaired) electrons. The molecule has 0 aromatic heterocycles. The van der Waals surface area contributed by atoms with E-state index in [1.165, 1.54) is 64.6 Å². The molecule has 702 valence electrons. The third-order valence-corrected chi connectivity index (χ3v) is 27.3. The van der Waals surface area contributed by atoms with E-state index >= 15 is 0 Å². The summed E-state index contributed by atoms with van der Waals surface area (Å²) in [5.41, 5.74) is 33.6. The molecule has 0 spiro atoms. The van der Waals surface area contributed by atoms with Crippen LogP contribution in [0.25, 0.3) is 22.3 Å². The van der Waals surface area contributed by atoms with Crippen LogP contribution in [0.3, 0.4) is 0 Å². The lowest BCUT2D eigenvalue weighted by atomic mass is 9.80. The molecule has 0 aliphatic heterocycles. The molecule has 0 amide bonds. The summed E-state index contributed by atoms with van der Waals surface area (Å²) >= 11 is 14.0. The maximum atomic E-state index is 9.23. The predicted octanol–water partition coefficient (Wildman–Crippen LogP) is 34.6. The highest BCUT2D eigenvalue weighted by molar-refractivity contribution is 9.11. The van der Waals surface area contributed by atoms with Gasteiger partial charge in [-0.05, 0) is 351 Å². The Hall–Kier alpha value is -14.9. The summed E-state index contributed by atoms with van der Waals surface area (Å²) in [5.74, 6) is 0. The molecule has 0 saturated heterocycles. The van der Waals surface area contributed by atoms with Crippen LogP contribution in [0.15, 0.2) is 540 Å². The first-order valence-electron chi connectivity index (χ1n) is 46.9. The van der Waals surface area contributed by atoms with E-state index in [0.29, 0.717) is 10.9 Å². The molecule has 0 fully saturated rings. The molecule has 0 atom stereocenters. The van der Waals surface area contributed by atoms with Crippen LogP contribution in [0.1, 0.15) is 34.8 Å². The van der Waals surface area contributed by atoms with Gasteiger partial charge in [0.15, 0.2) is 0 Å². The van der Waals surface area contributed by atoms with Gasteiger partial charge in [0.25, 0.3) is 0 Å². The number of aryl methyl sites for hydroxylation is 4. The van der Waals surface area contributed by atoms with Crippen LogP contribution in [-0.4, -0.2) is 34.3 Å². The zero-order valence-corrected chi connectivity index (χ0v) is 86.1. The minimum absolute atomic E-state index is 0. The summed E-state index contributed by atoms with van der Waals surface area (Å²) in [6, 6.07) is 178. The number of nitrogens with zero attached hydrogens (tertiary/aromatic N) is 6. The van der Waals surface area contributed by atoms with Crippen molar-refractivity contribution in [2.24, 2.45) is 0 Å². The number of hydrogen-bond acceptors (Lipinski definition) is 10. The molecule has 0 aliphatic carbocycles. The number of benzene rings is 20. The van der Waals surface area contributed by atoms with Crippen LogP contribution < -0.4 is 40.3 Å². The maximum absolute atomic E-state index is 9.23. The van der Waals surface area contributed by atoms with Crippen molar-refractivity contribution >= 4 is 191 Å². The molecule has 20 aromatic carbocycles. The largest absolute Gasteiger partial charge is 1.00 e. The lowest BCUT2D eigenvalue weighted by Gasteiger charge is -2.26. The zero-order chi connectivity index (χ0) is 99.1. The third-order valence-electron chi connectivity index (χ3n) is 23.8. The predicted molar refractivity (Wildman–Crippen MR) is 618 cm³/mol. The summed E-state index contributed by atoms with van der Waals surface area (Å²) in [6.07, 6.45) is 0. The van der Waals surface area contributed by atoms with Gasteiger partial charge < -0.3 is 50.9 Å². The van der Waals surface area contributed by atoms with E-state index in [1.807, 2.05) is 170 Å². The van der Waals surface area contributed by atoms with Gasteiger partial charge in [-0.25, -0.2) is 0 Å². The standard InChI is InChI=1S/C45H38N2.2C18H16BNO2.2C18H14BrN.C9H10Br2.H/c1-33-32-34(2)45(37-26-30-43(31-27-37)47(40-20-12-6-13-21-40)41-22-14-7-15-23-41)35(3)44(33)36-24-28-42(29-25-36)46(38-16-8-4-9-17-38)39-18-10-5-11-19-39;2*21-19(22)15-11-13-18(14-12-15)20(16-7-3-1-4-8-16)17-9-5-2-6-10-17;2*19-15-11-13-18(14-12-15)20(16-7-3-1-4-8-16)17-9-5-2-6-10-17;1-5-4-6(2)9(11)7(3)8(5)10;/h4-32H,1-3H3;2*1-14,21-22H;2*1-14H;4H,1-3H3;/q;;;;;;-1. The minimum atomic E-state index is -1.45. The Balaban J connectivity index is 0.000000145. The van der Waals surface area contributed by atoms with E-state index in [0.717, 1.165) is 111 Å². The van der Waals surface area contributed by atoms with E-state index in [1.54, 1.807) is 24.3 Å². The highest BCUT2D eigenvalue weighted by atomic mass is 79.9. The minimum Gasteiger partial charge on any atom is -1.00 e. The Bertz CT molecular complexity index is 6600. The molecule has 0 heterocycles. The van der Waals surface area contributed by atoms with E-state index in [4.69, 9.17) is 0 Å². The number of halogens is 4. The second kappa shape index (κ2) is 50.8. The first-order valence-corrected chi connectivity index (χ1v) is 50.1. The fraction of sp³-hybridized carbons (Fsp3) is 0.0476. The molecule has 16 heteroatoms. The Kier molecular flexibility index (Phi) is 36.3. The van der Waals surface area contributed by atoms with Crippen molar-refractivity contribution in [1.82, 2.24) is 0 Å². The number of hydrogen-bond donors (Lipinski definition) is 4. The van der Waals surface area contributed by atoms with Gasteiger partial charge in [-0.3, -0.25) is 0 Å². The second-order valence-electron chi connectivity index (χ2n) is 33.7. The second-order valence-corrected chi connectivity index (χ2v) is 37.1. The first-order chi connectivity index (χ1) is 69.3. The molecule has 4 N–H and O–H groups in total. The van der Waals surface area contributed by atoms with Gasteiger partial charge in [0.2, 0.25) is 0 Å². The van der Waals surface area contributed by atoms with Gasteiger partial charge in [0, 0.05) is 120 Å². The highest BCUT2D eigenvalue weighted by Crippen LogP contribution is 2.45. The van der Waals surface area contributed by atoms with Crippen LogP contribution in [0.4, 0.5) is 102 Å². The summed E-state index contributed by atoms with van der Waals surface area (Å²) in [7, 11) is -2.90. The van der Waals surface area contributed by atoms with Gasteiger partial charge in [0.1, 0.15) is 0 Å². The normalized spacial score (nSPS) is 10.5. The van der Waals surface area contributed by atoms with E-state index in [9.17, 15) is 20.1 Å². The molecule has 0 bridgehead atoms. The topological polar surface area (TPSA) is 100 Å². The van der Waals surface area contributed by atoms with Crippen molar-refractivity contribution in [2.75, 3.05) is 29.4 Å². The number of para-hydroxylation sites is 12. The number of anilines is 18. The highest BCUT2D eigenvalue weighted by Gasteiger charge is 2.23. The molecule has 0 aliphatic rings. The molecule has 0 unspecified atom stereocenters. The van der Waals surface area contributed by atoms with Crippen molar-refractivity contribution in [1.29, 1.82) is 0 Å². The van der Waals surface area contributed by atoms with Crippen LogP contribution in [-0.2, 0) is 0 Å². The van der Waals surface area contributed by atoms with Gasteiger partial charge in [0.05, 0.1) is 0 Å². The van der Waals surface area contributed by atoms with Gasteiger partial charge >= 0.3 is 14.2 Å². The van der Waals surface area contributed by atoms with Crippen molar-refractivity contribution in [3.63, 3.8) is 0 Å². The van der Waals surface area contributed by atoms with Crippen LogP contribution in [0.2, 0.25) is 0 Å². The Morgan fingerprint density at radius 1 is 0.169 bits per heavy atom. The monoisotopic (exact) mass is 2110 g/mol. The van der Waals surface area contributed by atoms with Crippen LogP contribution in [0, 0.1) is 41.5 Å². The fourth-order valence-electron chi connectivity index (χ4n) is 17.1. The Morgan fingerprint density at radius 3 is 0.472 bits per heavy atom. The average Bonchev–Trinajstić information content (AvgIpc) is 0.766.